The molecule has 0 amide bonds. The van der Waals surface area contributed by atoms with Crippen molar-refractivity contribution in [2.75, 3.05) is 0 Å². The number of aromatic amines is 1. The fourth-order valence-electron chi connectivity index (χ4n) is 3.15. The van der Waals surface area contributed by atoms with Crippen LogP contribution in [0.3, 0.4) is 0 Å². The molecular weight excluding hydrogens is 266 g/mol. The Morgan fingerprint density at radius 2 is 1.62 bits per heavy atom. The largest absolute Gasteiger partial charge is 0.383 e. The fraction of sp³-hybridized carbons (Fsp3) is 0.812. The maximum atomic E-state index is 10.8. The first-order chi connectivity index (χ1) is 9.63. The topological polar surface area (TPSA) is 72.4 Å². The van der Waals surface area contributed by atoms with Crippen molar-refractivity contribution in [1.29, 1.82) is 0 Å². The molecule has 1 aromatic heterocycles. The van der Waals surface area contributed by atoms with Crippen LogP contribution in [-0.4, -0.2) is 42.9 Å². The van der Waals surface area contributed by atoms with E-state index >= 15 is 0 Å². The van der Waals surface area contributed by atoms with Crippen LogP contribution in [0.5, 0.6) is 0 Å². The predicted molar refractivity (Wildman–Crippen MR) is 84.6 cm³/mol. The van der Waals surface area contributed by atoms with E-state index in [4.69, 9.17) is 0 Å². The summed E-state index contributed by atoms with van der Waals surface area (Å²) in [5, 5.41) is 21.2. The number of nitrogens with zero attached hydrogens (tertiary/aromatic N) is 2. The average molecular weight is 297 g/mol. The van der Waals surface area contributed by atoms with Crippen LogP contribution < -0.4 is 0 Å². The number of aromatic nitrogens is 2. The summed E-state index contributed by atoms with van der Waals surface area (Å²) in [5.74, 6) is 0.673. The van der Waals surface area contributed by atoms with Gasteiger partial charge < -0.3 is 15.2 Å². The molecule has 1 heterocycles. The minimum atomic E-state index is -1.01. The van der Waals surface area contributed by atoms with Crippen molar-refractivity contribution in [3.63, 3.8) is 0 Å². The first-order valence-corrected chi connectivity index (χ1v) is 7.76. The third-order valence-electron chi connectivity index (χ3n) is 4.86. The Kier molecular flexibility index (Phi) is 5.96. The molecule has 5 nitrogen and oxygen atoms in total. The fourth-order valence-corrected chi connectivity index (χ4v) is 3.15. The van der Waals surface area contributed by atoms with Gasteiger partial charge in [0.05, 0.1) is 18.2 Å². The highest BCUT2D eigenvalue weighted by molar-refractivity contribution is 5.04. The predicted octanol–water partition coefficient (Wildman–Crippen LogP) is 2.54. The summed E-state index contributed by atoms with van der Waals surface area (Å²) in [4.78, 5) is 8.81. The second-order valence-corrected chi connectivity index (χ2v) is 6.90. The van der Waals surface area contributed by atoms with Crippen LogP contribution >= 0.6 is 0 Å². The van der Waals surface area contributed by atoms with Gasteiger partial charge in [-0.25, -0.2) is 4.98 Å². The Morgan fingerprint density at radius 1 is 1.10 bits per heavy atom. The summed E-state index contributed by atoms with van der Waals surface area (Å²) >= 11 is 0. The van der Waals surface area contributed by atoms with Crippen LogP contribution in [-0.2, 0) is 0 Å². The molecule has 0 saturated carbocycles. The third kappa shape index (κ3) is 3.47. The molecule has 0 saturated heterocycles. The molecule has 0 aliphatic rings. The lowest BCUT2D eigenvalue weighted by molar-refractivity contribution is -0.165. The van der Waals surface area contributed by atoms with Crippen molar-refractivity contribution >= 4 is 0 Å². The molecule has 0 aromatic carbocycles. The maximum Gasteiger partial charge on any atom is 0.140 e. The van der Waals surface area contributed by atoms with Crippen molar-refractivity contribution < 1.29 is 10.2 Å². The van der Waals surface area contributed by atoms with Gasteiger partial charge in [0.15, 0.2) is 0 Å². The number of rotatable bonds is 7. The summed E-state index contributed by atoms with van der Waals surface area (Å²) in [6, 6.07) is 0.104. The molecule has 122 valence electrons. The van der Waals surface area contributed by atoms with E-state index in [0.29, 0.717) is 17.5 Å². The van der Waals surface area contributed by atoms with Crippen molar-refractivity contribution in [2.45, 2.75) is 72.4 Å². The van der Waals surface area contributed by atoms with Gasteiger partial charge in [0.25, 0.3) is 0 Å². The molecule has 1 rings (SSSR count). The second kappa shape index (κ2) is 6.90. The highest BCUT2D eigenvalue weighted by Gasteiger charge is 2.44. The van der Waals surface area contributed by atoms with Crippen LogP contribution in [0.2, 0.25) is 0 Å². The van der Waals surface area contributed by atoms with Gasteiger partial charge in [0.2, 0.25) is 0 Å². The first-order valence-electron chi connectivity index (χ1n) is 7.76. The Hall–Kier alpha value is -0.910. The van der Waals surface area contributed by atoms with E-state index in [2.05, 4.69) is 44.6 Å². The van der Waals surface area contributed by atoms with Crippen molar-refractivity contribution in [2.24, 2.45) is 11.8 Å². The number of aliphatic hydroxyl groups is 2. The summed E-state index contributed by atoms with van der Waals surface area (Å²) in [5.41, 5.74) is 0.303. The number of hydrogen-bond donors (Lipinski definition) is 3. The number of nitrogens with one attached hydrogen (secondary N) is 1. The van der Waals surface area contributed by atoms with Crippen molar-refractivity contribution in [3.05, 3.63) is 18.2 Å². The molecule has 0 aliphatic carbocycles. The smallest absolute Gasteiger partial charge is 0.140 e. The summed E-state index contributed by atoms with van der Waals surface area (Å²) in [6.45, 7) is 14.9. The monoisotopic (exact) mass is 297 g/mol. The maximum absolute atomic E-state index is 10.8. The lowest BCUT2D eigenvalue weighted by Crippen LogP contribution is -2.61. The normalized spacial score (nSPS) is 16.2. The van der Waals surface area contributed by atoms with E-state index in [1.807, 2.05) is 18.7 Å². The summed E-state index contributed by atoms with van der Waals surface area (Å²) < 4.78 is 0. The molecule has 0 radical (unpaired) electrons. The molecule has 0 fully saturated rings. The minimum absolute atomic E-state index is 0.104. The SMILES string of the molecule is CC(C)N(C(O)C(O)c1cnc[nH]1)C(C)(C(C)C)C(C)C. The Labute approximate surface area is 128 Å². The van der Waals surface area contributed by atoms with Gasteiger partial charge >= 0.3 is 0 Å². The quantitative estimate of drug-likeness (QED) is 0.676. The lowest BCUT2D eigenvalue weighted by atomic mass is 9.76. The zero-order valence-electron chi connectivity index (χ0n) is 14.3. The molecule has 0 aliphatic heterocycles. The standard InChI is InChI=1S/C16H31N3O2/c1-10(2)16(7,11(3)4)19(12(5)6)15(21)14(20)13-8-17-9-18-13/h8-12,14-15,20-21H,1-7H3,(H,17,18). The Bertz CT molecular complexity index is 407. The highest BCUT2D eigenvalue weighted by Crippen LogP contribution is 2.37. The summed E-state index contributed by atoms with van der Waals surface area (Å²) in [6.07, 6.45) is 1.07. The molecule has 0 spiro atoms. The Balaban J connectivity index is 3.16. The first kappa shape index (κ1) is 18.1. The van der Waals surface area contributed by atoms with E-state index in [0.717, 1.165) is 0 Å². The zero-order valence-corrected chi connectivity index (χ0v) is 14.3. The highest BCUT2D eigenvalue weighted by atomic mass is 16.3. The minimum Gasteiger partial charge on any atom is -0.383 e. The van der Waals surface area contributed by atoms with Gasteiger partial charge in [-0.05, 0) is 32.6 Å². The molecule has 2 atom stereocenters. The van der Waals surface area contributed by atoms with E-state index in [1.54, 1.807) is 6.20 Å². The molecule has 2 unspecified atom stereocenters. The zero-order chi connectivity index (χ0) is 16.4. The van der Waals surface area contributed by atoms with Gasteiger partial charge in [-0.3, -0.25) is 4.90 Å². The molecule has 5 heteroatoms. The van der Waals surface area contributed by atoms with Crippen molar-refractivity contribution in [1.82, 2.24) is 14.9 Å². The van der Waals surface area contributed by atoms with E-state index in [1.165, 1.54) is 6.33 Å². The van der Waals surface area contributed by atoms with Crippen LogP contribution in [0, 0.1) is 11.8 Å². The van der Waals surface area contributed by atoms with Crippen LogP contribution in [0.1, 0.15) is 60.3 Å². The van der Waals surface area contributed by atoms with E-state index in [9.17, 15) is 10.2 Å². The van der Waals surface area contributed by atoms with Crippen LogP contribution in [0.15, 0.2) is 12.5 Å². The van der Waals surface area contributed by atoms with Gasteiger partial charge in [-0.2, -0.15) is 0 Å². The molecule has 21 heavy (non-hydrogen) atoms. The van der Waals surface area contributed by atoms with E-state index in [-0.39, 0.29) is 11.6 Å². The lowest BCUT2D eigenvalue weighted by Gasteiger charge is -2.52. The van der Waals surface area contributed by atoms with Gasteiger partial charge in [0.1, 0.15) is 12.3 Å². The Morgan fingerprint density at radius 3 is 1.95 bits per heavy atom. The van der Waals surface area contributed by atoms with Gasteiger partial charge in [-0.15, -0.1) is 0 Å². The molecule has 3 N–H and O–H groups in total. The third-order valence-corrected chi connectivity index (χ3v) is 4.86. The van der Waals surface area contributed by atoms with E-state index < -0.39 is 12.3 Å². The number of aliphatic hydroxyl groups excluding tert-OH is 2. The second-order valence-electron chi connectivity index (χ2n) is 6.90. The molecule has 1 aromatic rings. The van der Waals surface area contributed by atoms with Crippen LogP contribution in [0.25, 0.3) is 0 Å². The molecular formula is C16H31N3O2. The average Bonchev–Trinajstić information content (AvgIpc) is 2.90. The number of imidazole rings is 1. The molecule has 0 bridgehead atoms. The van der Waals surface area contributed by atoms with Gasteiger partial charge in [0, 0.05) is 11.6 Å². The van der Waals surface area contributed by atoms with Crippen LogP contribution in [0.4, 0.5) is 0 Å². The number of H-pyrrole nitrogens is 1. The summed E-state index contributed by atoms with van der Waals surface area (Å²) in [7, 11) is 0. The van der Waals surface area contributed by atoms with Crippen molar-refractivity contribution in [3.8, 4) is 0 Å². The van der Waals surface area contributed by atoms with Gasteiger partial charge in [-0.1, -0.05) is 27.7 Å². The number of hydrogen-bond acceptors (Lipinski definition) is 4.